The number of aryl methyl sites for hydroxylation is 2. The maximum Gasteiger partial charge on any atom is 0.224 e. The number of amides is 1. The molecule has 0 saturated heterocycles. The molecule has 0 unspecified atom stereocenters. The van der Waals surface area contributed by atoms with Crippen LogP contribution in [0.25, 0.3) is 5.65 Å². The minimum atomic E-state index is -0.677. The van der Waals surface area contributed by atoms with Crippen molar-refractivity contribution in [3.63, 3.8) is 0 Å². The van der Waals surface area contributed by atoms with Crippen LogP contribution in [0, 0.1) is 25.5 Å². The van der Waals surface area contributed by atoms with Crippen molar-refractivity contribution in [2.24, 2.45) is 0 Å². The fraction of sp³-hybridized carbons (Fsp3) is 0.250. The van der Waals surface area contributed by atoms with Gasteiger partial charge in [0.2, 0.25) is 5.91 Å². The van der Waals surface area contributed by atoms with Crippen molar-refractivity contribution in [3.8, 4) is 0 Å². The van der Waals surface area contributed by atoms with Gasteiger partial charge < -0.3 is 5.32 Å². The zero-order chi connectivity index (χ0) is 17.3. The van der Waals surface area contributed by atoms with Crippen LogP contribution in [0.1, 0.15) is 23.2 Å². The van der Waals surface area contributed by atoms with E-state index in [4.69, 9.17) is 0 Å². The molecule has 0 fully saturated rings. The van der Waals surface area contributed by atoms with Gasteiger partial charge in [0.1, 0.15) is 18.0 Å². The van der Waals surface area contributed by atoms with Gasteiger partial charge in [-0.15, -0.1) is 10.2 Å². The van der Waals surface area contributed by atoms with Gasteiger partial charge >= 0.3 is 0 Å². The minimum absolute atomic E-state index is 0.115. The second-order valence-corrected chi connectivity index (χ2v) is 5.46. The third-order valence-corrected chi connectivity index (χ3v) is 3.82. The number of nitrogens with one attached hydrogen (secondary N) is 1. The number of rotatable bonds is 4. The molecule has 8 heteroatoms. The number of fused-ring (bicyclic) bond motifs is 1. The molecule has 0 atom stereocenters. The largest absolute Gasteiger partial charge is 0.324 e. The third-order valence-electron chi connectivity index (χ3n) is 3.82. The number of carbonyl (C=O) groups is 1. The summed E-state index contributed by atoms with van der Waals surface area (Å²) in [5.74, 6) is -1.69. The smallest absolute Gasteiger partial charge is 0.224 e. The second kappa shape index (κ2) is 6.31. The molecule has 2 heterocycles. The fourth-order valence-electron chi connectivity index (χ4n) is 2.59. The van der Waals surface area contributed by atoms with Crippen LogP contribution in [-0.4, -0.2) is 25.7 Å². The van der Waals surface area contributed by atoms with E-state index in [1.165, 1.54) is 6.33 Å². The monoisotopic (exact) mass is 331 g/mol. The molecule has 0 bridgehead atoms. The Morgan fingerprint density at radius 3 is 2.88 bits per heavy atom. The zero-order valence-corrected chi connectivity index (χ0v) is 13.2. The van der Waals surface area contributed by atoms with E-state index in [9.17, 15) is 13.6 Å². The molecule has 3 aromatic rings. The van der Waals surface area contributed by atoms with Gasteiger partial charge in [0, 0.05) is 18.1 Å². The molecule has 0 aliphatic carbocycles. The van der Waals surface area contributed by atoms with E-state index < -0.39 is 17.5 Å². The van der Waals surface area contributed by atoms with E-state index in [1.807, 2.05) is 13.8 Å². The van der Waals surface area contributed by atoms with Gasteiger partial charge in [0.25, 0.3) is 0 Å². The molecule has 0 aliphatic rings. The average molecular weight is 331 g/mol. The summed E-state index contributed by atoms with van der Waals surface area (Å²) in [5, 5.41) is 14.5. The topological polar surface area (TPSA) is 72.2 Å². The fourth-order valence-corrected chi connectivity index (χ4v) is 2.59. The van der Waals surface area contributed by atoms with Gasteiger partial charge in [-0.2, -0.15) is 5.10 Å². The molecule has 1 N–H and O–H groups in total. The summed E-state index contributed by atoms with van der Waals surface area (Å²) in [6.07, 6.45) is 2.04. The lowest BCUT2D eigenvalue weighted by Crippen LogP contribution is -2.15. The molecular formula is C16H15F2N5O. The SMILES string of the molecule is Cc1nn2cnnc2c(C)c1CCC(=O)Nc1cc(F)ccc1F. The van der Waals surface area contributed by atoms with Crippen molar-refractivity contribution in [1.82, 2.24) is 19.8 Å². The van der Waals surface area contributed by atoms with Crippen LogP contribution in [0.2, 0.25) is 0 Å². The quantitative estimate of drug-likeness (QED) is 0.797. The first-order valence-electron chi connectivity index (χ1n) is 7.36. The summed E-state index contributed by atoms with van der Waals surface area (Å²) in [6, 6.07) is 2.92. The first-order chi connectivity index (χ1) is 11.5. The summed E-state index contributed by atoms with van der Waals surface area (Å²) in [5.41, 5.74) is 3.02. The number of halogens is 2. The second-order valence-electron chi connectivity index (χ2n) is 5.46. The Morgan fingerprint density at radius 1 is 1.29 bits per heavy atom. The number of anilines is 1. The molecule has 24 heavy (non-hydrogen) atoms. The lowest BCUT2D eigenvalue weighted by Gasteiger charge is -2.10. The third kappa shape index (κ3) is 3.08. The van der Waals surface area contributed by atoms with Gasteiger partial charge in [-0.05, 0) is 38.0 Å². The first-order valence-corrected chi connectivity index (χ1v) is 7.36. The van der Waals surface area contributed by atoms with E-state index in [0.717, 1.165) is 35.0 Å². The Morgan fingerprint density at radius 2 is 2.08 bits per heavy atom. The van der Waals surface area contributed by atoms with Crippen LogP contribution in [-0.2, 0) is 11.2 Å². The summed E-state index contributed by atoms with van der Waals surface area (Å²) in [4.78, 5) is 12.0. The van der Waals surface area contributed by atoms with Crippen LogP contribution in [0.3, 0.4) is 0 Å². The summed E-state index contributed by atoms with van der Waals surface area (Å²) >= 11 is 0. The summed E-state index contributed by atoms with van der Waals surface area (Å²) in [7, 11) is 0. The standard InChI is InChI=1S/C16H15F2N5O/c1-9-12(10(2)22-23-8-19-21-16(9)23)4-6-15(24)20-14-7-11(17)3-5-13(14)18/h3,5,7-8H,4,6H2,1-2H3,(H,20,24). The normalized spacial score (nSPS) is 11.0. The van der Waals surface area contributed by atoms with Crippen LogP contribution >= 0.6 is 0 Å². The predicted octanol–water partition coefficient (Wildman–Crippen LogP) is 2.59. The van der Waals surface area contributed by atoms with E-state index in [2.05, 4.69) is 20.6 Å². The molecule has 0 spiro atoms. The molecule has 3 rings (SSSR count). The van der Waals surface area contributed by atoms with Gasteiger partial charge in [-0.1, -0.05) is 0 Å². The Balaban J connectivity index is 1.73. The summed E-state index contributed by atoms with van der Waals surface area (Å²) < 4.78 is 28.3. The van der Waals surface area contributed by atoms with Crippen LogP contribution in [0.5, 0.6) is 0 Å². The van der Waals surface area contributed by atoms with Crippen molar-refractivity contribution < 1.29 is 13.6 Å². The maximum absolute atomic E-state index is 13.6. The van der Waals surface area contributed by atoms with Crippen LogP contribution < -0.4 is 5.32 Å². The molecule has 124 valence electrons. The van der Waals surface area contributed by atoms with Crippen LogP contribution in [0.15, 0.2) is 24.5 Å². The molecule has 6 nitrogen and oxygen atoms in total. The minimum Gasteiger partial charge on any atom is -0.324 e. The predicted molar refractivity (Wildman–Crippen MR) is 83.6 cm³/mol. The lowest BCUT2D eigenvalue weighted by atomic mass is 10.0. The van der Waals surface area contributed by atoms with E-state index >= 15 is 0 Å². The Bertz CT molecular complexity index is 922. The Hall–Kier alpha value is -2.90. The number of nitrogens with zero attached hydrogens (tertiary/aromatic N) is 4. The van der Waals surface area contributed by atoms with Crippen molar-refractivity contribution in [2.75, 3.05) is 5.32 Å². The number of benzene rings is 1. The van der Waals surface area contributed by atoms with Crippen molar-refractivity contribution in [1.29, 1.82) is 0 Å². The van der Waals surface area contributed by atoms with E-state index in [-0.39, 0.29) is 12.1 Å². The highest BCUT2D eigenvalue weighted by atomic mass is 19.1. The molecular weight excluding hydrogens is 316 g/mol. The van der Waals surface area contributed by atoms with Gasteiger partial charge in [-0.3, -0.25) is 4.79 Å². The highest BCUT2D eigenvalue weighted by Crippen LogP contribution is 2.19. The number of aromatic nitrogens is 4. The Kier molecular flexibility index (Phi) is 4.20. The van der Waals surface area contributed by atoms with Crippen molar-refractivity contribution in [3.05, 3.63) is 53.0 Å². The van der Waals surface area contributed by atoms with Gasteiger partial charge in [0.05, 0.1) is 11.4 Å². The van der Waals surface area contributed by atoms with Gasteiger partial charge in [0.15, 0.2) is 5.65 Å². The molecule has 0 aliphatic heterocycles. The number of hydrogen-bond donors (Lipinski definition) is 1. The summed E-state index contributed by atoms with van der Waals surface area (Å²) in [6.45, 7) is 3.73. The number of carbonyl (C=O) groups excluding carboxylic acids is 1. The average Bonchev–Trinajstić information content (AvgIpc) is 2.99. The molecule has 1 aromatic carbocycles. The highest BCUT2D eigenvalue weighted by Gasteiger charge is 2.14. The molecule has 1 amide bonds. The molecule has 2 aromatic heterocycles. The van der Waals surface area contributed by atoms with Crippen LogP contribution in [0.4, 0.5) is 14.5 Å². The lowest BCUT2D eigenvalue weighted by molar-refractivity contribution is -0.116. The van der Waals surface area contributed by atoms with E-state index in [1.54, 1.807) is 4.52 Å². The van der Waals surface area contributed by atoms with E-state index in [0.29, 0.717) is 12.1 Å². The highest BCUT2D eigenvalue weighted by molar-refractivity contribution is 5.91. The van der Waals surface area contributed by atoms with Crippen molar-refractivity contribution >= 4 is 17.2 Å². The maximum atomic E-state index is 13.6. The zero-order valence-electron chi connectivity index (χ0n) is 13.2. The van der Waals surface area contributed by atoms with Crippen molar-refractivity contribution in [2.45, 2.75) is 26.7 Å². The molecule has 0 saturated carbocycles. The first kappa shape index (κ1) is 16.0. The Labute approximate surface area is 136 Å². The number of hydrogen-bond acceptors (Lipinski definition) is 4. The van der Waals surface area contributed by atoms with Gasteiger partial charge in [-0.25, -0.2) is 13.3 Å². The molecule has 0 radical (unpaired) electrons.